The van der Waals surface area contributed by atoms with Crippen molar-refractivity contribution in [2.75, 3.05) is 38.2 Å². The smallest absolute Gasteiger partial charge is 0.246 e. The molecule has 0 radical (unpaired) electrons. The van der Waals surface area contributed by atoms with Crippen molar-refractivity contribution in [1.29, 1.82) is 0 Å². The lowest BCUT2D eigenvalue weighted by molar-refractivity contribution is -0.130. The predicted molar refractivity (Wildman–Crippen MR) is 100 cm³/mol. The van der Waals surface area contributed by atoms with Crippen LogP contribution in [0.4, 0.5) is 5.69 Å². The first-order chi connectivity index (χ1) is 13.3. The Balaban J connectivity index is 1.95. The number of methoxy groups -OCH3 is 1. The topological polar surface area (TPSA) is 104 Å². The lowest BCUT2D eigenvalue weighted by atomic mass is 10.1. The molecule has 0 N–H and O–H groups in total. The lowest BCUT2D eigenvalue weighted by Gasteiger charge is -2.34. The van der Waals surface area contributed by atoms with E-state index >= 15 is 0 Å². The molecule has 3 rings (SSSR count). The van der Waals surface area contributed by atoms with Crippen LogP contribution in [0.1, 0.15) is 26.2 Å². The molecule has 0 atom stereocenters. The predicted octanol–water partition coefficient (Wildman–Crippen LogP) is 0.591. The first kappa shape index (κ1) is 20.3. The van der Waals surface area contributed by atoms with Crippen molar-refractivity contribution >= 4 is 33.4 Å². The van der Waals surface area contributed by atoms with Crippen LogP contribution in [-0.2, 0) is 24.4 Å². The van der Waals surface area contributed by atoms with E-state index in [0.717, 1.165) is 4.90 Å². The summed E-state index contributed by atoms with van der Waals surface area (Å²) in [6.07, 6.45) is 0.982. The average Bonchev–Trinajstić information content (AvgIpc) is 2.67. The number of nitrogens with zero attached hydrogens (tertiary/aromatic N) is 3. The van der Waals surface area contributed by atoms with Crippen LogP contribution in [-0.4, -0.2) is 68.6 Å². The van der Waals surface area contributed by atoms with E-state index in [2.05, 4.69) is 0 Å². The van der Waals surface area contributed by atoms with Crippen molar-refractivity contribution in [2.45, 2.75) is 31.1 Å². The molecule has 0 saturated carbocycles. The fourth-order valence-corrected chi connectivity index (χ4v) is 5.03. The van der Waals surface area contributed by atoms with Gasteiger partial charge in [0.05, 0.1) is 12.8 Å². The summed E-state index contributed by atoms with van der Waals surface area (Å²) in [6.45, 7) is 2.39. The molecule has 9 nitrogen and oxygen atoms in total. The van der Waals surface area contributed by atoms with Crippen LogP contribution in [0.5, 0.6) is 5.75 Å². The SMILES string of the molecule is COc1ccc(N2C(=O)CCCC2=O)cc1S(=O)(=O)N1CCN(C(C)=O)CC1. The number of carbonyl (C=O) groups excluding carboxylic acids is 3. The zero-order valence-corrected chi connectivity index (χ0v) is 16.7. The molecule has 10 heteroatoms. The number of rotatable bonds is 4. The first-order valence-corrected chi connectivity index (χ1v) is 10.5. The lowest BCUT2D eigenvalue weighted by Crippen LogP contribution is -2.50. The van der Waals surface area contributed by atoms with Crippen molar-refractivity contribution in [3.05, 3.63) is 18.2 Å². The molecule has 2 aliphatic rings. The third kappa shape index (κ3) is 3.74. The van der Waals surface area contributed by atoms with Crippen LogP contribution in [0.2, 0.25) is 0 Å². The maximum absolute atomic E-state index is 13.2. The van der Waals surface area contributed by atoms with Gasteiger partial charge in [-0.25, -0.2) is 8.42 Å². The second-order valence-corrected chi connectivity index (χ2v) is 8.63. The number of piperazine rings is 1. The fourth-order valence-electron chi connectivity index (χ4n) is 3.43. The molecule has 2 heterocycles. The second kappa shape index (κ2) is 7.88. The third-order valence-corrected chi connectivity index (χ3v) is 6.91. The standard InChI is InChI=1S/C18H23N3O6S/c1-13(22)19-8-10-20(11-9-19)28(25,26)16-12-14(6-7-15(16)27-2)21-17(23)4-3-5-18(21)24/h6-7,12H,3-5,8-11H2,1-2H3. The van der Waals surface area contributed by atoms with Gasteiger partial charge in [0.1, 0.15) is 10.6 Å². The van der Waals surface area contributed by atoms with Gasteiger partial charge in [0.25, 0.3) is 0 Å². The molecule has 1 aromatic rings. The molecular weight excluding hydrogens is 386 g/mol. The molecule has 152 valence electrons. The molecular formula is C18H23N3O6S. The Morgan fingerprint density at radius 1 is 1.04 bits per heavy atom. The van der Waals surface area contributed by atoms with Gasteiger partial charge in [-0.3, -0.25) is 19.3 Å². The summed E-state index contributed by atoms with van der Waals surface area (Å²) in [7, 11) is -2.57. The van der Waals surface area contributed by atoms with E-state index in [0.29, 0.717) is 19.5 Å². The van der Waals surface area contributed by atoms with E-state index in [-0.39, 0.29) is 60.0 Å². The minimum atomic E-state index is -3.93. The van der Waals surface area contributed by atoms with Crippen LogP contribution in [0.25, 0.3) is 0 Å². The quantitative estimate of drug-likeness (QED) is 0.674. The normalized spacial score (nSPS) is 19.1. The molecule has 3 amide bonds. The first-order valence-electron chi connectivity index (χ1n) is 9.05. The van der Waals surface area contributed by atoms with Crippen molar-refractivity contribution in [2.24, 2.45) is 0 Å². The van der Waals surface area contributed by atoms with Crippen molar-refractivity contribution in [3.8, 4) is 5.75 Å². The number of piperidine rings is 1. The van der Waals surface area contributed by atoms with Gasteiger partial charge in [0, 0.05) is 45.9 Å². The highest BCUT2D eigenvalue weighted by molar-refractivity contribution is 7.89. The number of hydrogen-bond donors (Lipinski definition) is 0. The van der Waals surface area contributed by atoms with Crippen LogP contribution in [0.3, 0.4) is 0 Å². The van der Waals surface area contributed by atoms with Gasteiger partial charge in [-0.1, -0.05) is 0 Å². The van der Waals surface area contributed by atoms with Gasteiger partial charge in [0.2, 0.25) is 27.7 Å². The average molecular weight is 409 g/mol. The summed E-state index contributed by atoms with van der Waals surface area (Å²) in [5, 5.41) is 0. The summed E-state index contributed by atoms with van der Waals surface area (Å²) in [6, 6.07) is 4.27. The van der Waals surface area contributed by atoms with Gasteiger partial charge < -0.3 is 9.64 Å². The highest BCUT2D eigenvalue weighted by Gasteiger charge is 2.34. The monoisotopic (exact) mass is 409 g/mol. The molecule has 0 aliphatic carbocycles. The zero-order valence-electron chi connectivity index (χ0n) is 15.9. The maximum Gasteiger partial charge on any atom is 0.246 e. The van der Waals surface area contributed by atoms with E-state index in [1.807, 2.05) is 0 Å². The highest BCUT2D eigenvalue weighted by Crippen LogP contribution is 2.33. The van der Waals surface area contributed by atoms with E-state index in [1.54, 1.807) is 4.90 Å². The van der Waals surface area contributed by atoms with E-state index < -0.39 is 10.0 Å². The Hall–Kier alpha value is -2.46. The summed E-state index contributed by atoms with van der Waals surface area (Å²) < 4.78 is 32.9. The zero-order chi connectivity index (χ0) is 20.5. The van der Waals surface area contributed by atoms with Crippen LogP contribution in [0.15, 0.2) is 23.1 Å². The van der Waals surface area contributed by atoms with Gasteiger partial charge >= 0.3 is 0 Å². The number of hydrogen-bond acceptors (Lipinski definition) is 6. The Kier molecular flexibility index (Phi) is 5.71. The summed E-state index contributed by atoms with van der Waals surface area (Å²) in [4.78, 5) is 38.4. The van der Waals surface area contributed by atoms with Gasteiger partial charge in [-0.2, -0.15) is 4.31 Å². The van der Waals surface area contributed by atoms with Gasteiger partial charge in [-0.05, 0) is 24.6 Å². The van der Waals surface area contributed by atoms with Crippen LogP contribution >= 0.6 is 0 Å². The largest absolute Gasteiger partial charge is 0.495 e. The molecule has 0 unspecified atom stereocenters. The number of amides is 3. The number of sulfonamides is 1. The summed E-state index contributed by atoms with van der Waals surface area (Å²) in [5.41, 5.74) is 0.219. The molecule has 2 fully saturated rings. The molecule has 28 heavy (non-hydrogen) atoms. The molecule has 0 bridgehead atoms. The number of ether oxygens (including phenoxy) is 1. The highest BCUT2D eigenvalue weighted by atomic mass is 32.2. The number of imide groups is 1. The maximum atomic E-state index is 13.2. The second-order valence-electron chi connectivity index (χ2n) is 6.72. The number of anilines is 1. The Labute approximate surface area is 163 Å². The molecule has 2 aliphatic heterocycles. The molecule has 1 aromatic carbocycles. The van der Waals surface area contributed by atoms with Crippen LogP contribution < -0.4 is 9.64 Å². The van der Waals surface area contributed by atoms with E-state index in [4.69, 9.17) is 4.74 Å². The van der Waals surface area contributed by atoms with E-state index in [9.17, 15) is 22.8 Å². The fraction of sp³-hybridized carbons (Fsp3) is 0.500. The minimum Gasteiger partial charge on any atom is -0.495 e. The number of carbonyl (C=O) groups is 3. The van der Waals surface area contributed by atoms with Gasteiger partial charge in [-0.15, -0.1) is 0 Å². The summed E-state index contributed by atoms with van der Waals surface area (Å²) in [5.74, 6) is -0.659. The molecule has 2 saturated heterocycles. The van der Waals surface area contributed by atoms with Crippen molar-refractivity contribution in [3.63, 3.8) is 0 Å². The third-order valence-electron chi connectivity index (χ3n) is 4.99. The molecule has 0 aromatic heterocycles. The molecule has 0 spiro atoms. The summed E-state index contributed by atoms with van der Waals surface area (Å²) >= 11 is 0. The Morgan fingerprint density at radius 2 is 1.64 bits per heavy atom. The van der Waals surface area contributed by atoms with Crippen LogP contribution in [0, 0.1) is 0 Å². The number of benzene rings is 1. The Morgan fingerprint density at radius 3 is 2.18 bits per heavy atom. The Bertz CT molecular complexity index is 890. The van der Waals surface area contributed by atoms with E-state index in [1.165, 1.54) is 36.5 Å². The van der Waals surface area contributed by atoms with Gasteiger partial charge in [0.15, 0.2) is 0 Å². The minimum absolute atomic E-state index is 0.0984. The van der Waals surface area contributed by atoms with Crippen molar-refractivity contribution < 1.29 is 27.5 Å². The van der Waals surface area contributed by atoms with Crippen molar-refractivity contribution in [1.82, 2.24) is 9.21 Å².